The number of hydrogen-bond acceptors (Lipinski definition) is 2. The Bertz CT molecular complexity index is 1230. The van der Waals surface area contributed by atoms with E-state index in [1.165, 1.54) is 6.07 Å². The average Bonchev–Trinajstić information content (AvgIpc) is 3.21. The van der Waals surface area contributed by atoms with Crippen molar-refractivity contribution in [2.75, 3.05) is 10.2 Å². The molecular formula is C26H25FN4O. The zero-order valence-electron chi connectivity index (χ0n) is 17.7. The summed E-state index contributed by atoms with van der Waals surface area (Å²) < 4.78 is 16.2. The fourth-order valence-corrected chi connectivity index (χ4v) is 4.51. The molecule has 1 heterocycles. The minimum atomic E-state index is -0.453. The van der Waals surface area contributed by atoms with E-state index in [0.717, 1.165) is 48.7 Å². The molecule has 0 aliphatic heterocycles. The highest BCUT2D eigenvalue weighted by atomic mass is 19.1. The van der Waals surface area contributed by atoms with Crippen molar-refractivity contribution in [1.29, 1.82) is 0 Å². The van der Waals surface area contributed by atoms with Crippen LogP contribution in [-0.4, -0.2) is 21.9 Å². The summed E-state index contributed by atoms with van der Waals surface area (Å²) in [6, 6.07) is 23.6. The van der Waals surface area contributed by atoms with Crippen LogP contribution in [0.5, 0.6) is 0 Å². The van der Waals surface area contributed by atoms with E-state index >= 15 is 0 Å². The average molecular weight is 429 g/mol. The van der Waals surface area contributed by atoms with Crippen LogP contribution < -0.4 is 10.2 Å². The first-order chi connectivity index (χ1) is 15.7. The maximum absolute atomic E-state index is 14.3. The molecule has 1 aromatic heterocycles. The molecule has 1 fully saturated rings. The molecular weight excluding hydrogens is 403 g/mol. The molecule has 3 aromatic carbocycles. The number of anilines is 2. The number of fused-ring (bicyclic) bond motifs is 1. The highest BCUT2D eigenvalue weighted by Crippen LogP contribution is 2.35. The van der Waals surface area contributed by atoms with Gasteiger partial charge in [0.2, 0.25) is 0 Å². The van der Waals surface area contributed by atoms with Crippen LogP contribution in [0.3, 0.4) is 0 Å². The zero-order valence-corrected chi connectivity index (χ0v) is 17.7. The summed E-state index contributed by atoms with van der Waals surface area (Å²) in [7, 11) is 0. The van der Waals surface area contributed by atoms with Crippen LogP contribution in [0.1, 0.15) is 32.1 Å². The Morgan fingerprint density at radius 3 is 2.38 bits per heavy atom. The molecule has 6 heteroatoms. The van der Waals surface area contributed by atoms with Crippen LogP contribution in [0.2, 0.25) is 0 Å². The lowest BCUT2D eigenvalue weighted by Crippen LogP contribution is -2.45. The quantitative estimate of drug-likeness (QED) is 0.401. The molecule has 0 unspecified atom stereocenters. The van der Waals surface area contributed by atoms with E-state index in [9.17, 15) is 9.18 Å². The van der Waals surface area contributed by atoms with Gasteiger partial charge in [0.25, 0.3) is 0 Å². The largest absolute Gasteiger partial charge is 0.327 e. The van der Waals surface area contributed by atoms with E-state index < -0.39 is 5.82 Å². The number of para-hydroxylation sites is 2. The fourth-order valence-electron chi connectivity index (χ4n) is 4.51. The molecule has 0 bridgehead atoms. The second-order valence-electron chi connectivity index (χ2n) is 8.16. The van der Waals surface area contributed by atoms with Crippen molar-refractivity contribution in [3.8, 4) is 5.69 Å². The van der Waals surface area contributed by atoms with Crippen LogP contribution in [0.15, 0.2) is 78.9 Å². The summed E-state index contributed by atoms with van der Waals surface area (Å²) in [6.07, 6.45) is 5.09. The summed E-state index contributed by atoms with van der Waals surface area (Å²) >= 11 is 0. The van der Waals surface area contributed by atoms with E-state index in [2.05, 4.69) is 5.32 Å². The molecule has 0 saturated heterocycles. The molecule has 2 amide bonds. The summed E-state index contributed by atoms with van der Waals surface area (Å²) in [6.45, 7) is 0. The monoisotopic (exact) mass is 428 g/mol. The predicted octanol–water partition coefficient (Wildman–Crippen LogP) is 6.54. The fraction of sp³-hybridized carbons (Fsp3) is 0.231. The number of benzene rings is 3. The van der Waals surface area contributed by atoms with Crippen molar-refractivity contribution in [2.45, 2.75) is 38.1 Å². The van der Waals surface area contributed by atoms with E-state index in [4.69, 9.17) is 5.10 Å². The third-order valence-corrected chi connectivity index (χ3v) is 6.06. The minimum Gasteiger partial charge on any atom is -0.305 e. The third kappa shape index (κ3) is 3.84. The van der Waals surface area contributed by atoms with Crippen LogP contribution in [-0.2, 0) is 0 Å². The van der Waals surface area contributed by atoms with Crippen LogP contribution >= 0.6 is 0 Å². The first-order valence-corrected chi connectivity index (χ1v) is 11.1. The van der Waals surface area contributed by atoms with Gasteiger partial charge in [-0.2, -0.15) is 5.10 Å². The second-order valence-corrected chi connectivity index (χ2v) is 8.16. The molecule has 0 spiro atoms. The molecule has 4 aromatic rings. The van der Waals surface area contributed by atoms with Crippen LogP contribution in [0.25, 0.3) is 16.6 Å². The van der Waals surface area contributed by atoms with Gasteiger partial charge < -0.3 is 5.32 Å². The summed E-state index contributed by atoms with van der Waals surface area (Å²) in [5, 5.41) is 8.53. The van der Waals surface area contributed by atoms with Crippen molar-refractivity contribution in [1.82, 2.24) is 9.78 Å². The highest BCUT2D eigenvalue weighted by molar-refractivity contribution is 6.07. The highest BCUT2D eigenvalue weighted by Gasteiger charge is 2.32. The molecule has 0 atom stereocenters. The molecule has 5 nitrogen and oxygen atoms in total. The zero-order chi connectivity index (χ0) is 21.9. The van der Waals surface area contributed by atoms with E-state index in [0.29, 0.717) is 5.82 Å². The van der Waals surface area contributed by atoms with Gasteiger partial charge >= 0.3 is 6.03 Å². The van der Waals surface area contributed by atoms with E-state index in [1.807, 2.05) is 59.3 Å². The van der Waals surface area contributed by atoms with Crippen LogP contribution in [0.4, 0.5) is 20.7 Å². The van der Waals surface area contributed by atoms with Gasteiger partial charge in [0.05, 0.1) is 16.9 Å². The second kappa shape index (κ2) is 8.83. The van der Waals surface area contributed by atoms with Crippen molar-refractivity contribution in [3.63, 3.8) is 0 Å². The van der Waals surface area contributed by atoms with Gasteiger partial charge in [0, 0.05) is 11.4 Å². The Morgan fingerprint density at radius 2 is 1.59 bits per heavy atom. The first-order valence-electron chi connectivity index (χ1n) is 11.1. The lowest BCUT2D eigenvalue weighted by molar-refractivity contribution is 0.251. The van der Waals surface area contributed by atoms with Gasteiger partial charge in [-0.25, -0.2) is 13.9 Å². The number of carbonyl (C=O) groups is 1. The van der Waals surface area contributed by atoms with Crippen molar-refractivity contribution in [3.05, 3.63) is 84.7 Å². The van der Waals surface area contributed by atoms with Gasteiger partial charge in [0.1, 0.15) is 11.6 Å². The number of urea groups is 1. The lowest BCUT2D eigenvalue weighted by atomic mass is 9.94. The molecule has 32 heavy (non-hydrogen) atoms. The standard InChI is InChI=1S/C26H25FN4O/c27-22-16-8-10-18-24(22)28-26(32)30(19-11-3-1-4-12-19)25-21-15-7-9-17-23(21)29-31(25)20-13-5-2-6-14-20/h2,5-10,13-19H,1,3-4,11-12H2,(H,28,32). The van der Waals surface area contributed by atoms with E-state index in [-0.39, 0.29) is 17.8 Å². The molecule has 1 N–H and O–H groups in total. The Morgan fingerprint density at radius 1 is 0.906 bits per heavy atom. The van der Waals surface area contributed by atoms with Gasteiger partial charge in [-0.15, -0.1) is 0 Å². The molecule has 1 saturated carbocycles. The Balaban J connectivity index is 1.66. The van der Waals surface area contributed by atoms with Crippen molar-refractivity contribution >= 4 is 28.4 Å². The lowest BCUT2D eigenvalue weighted by Gasteiger charge is -2.34. The molecule has 1 aliphatic carbocycles. The molecule has 5 rings (SSSR count). The number of halogens is 1. The van der Waals surface area contributed by atoms with Gasteiger partial charge in [0.15, 0.2) is 0 Å². The number of nitrogens with zero attached hydrogens (tertiary/aromatic N) is 3. The van der Waals surface area contributed by atoms with E-state index in [1.54, 1.807) is 23.1 Å². The van der Waals surface area contributed by atoms with Crippen LogP contribution in [0, 0.1) is 5.82 Å². The third-order valence-electron chi connectivity index (χ3n) is 6.06. The summed E-state index contributed by atoms with van der Waals surface area (Å²) in [5.74, 6) is 0.262. The maximum Gasteiger partial charge on any atom is 0.327 e. The number of amides is 2. The van der Waals surface area contributed by atoms with Gasteiger partial charge in [-0.1, -0.05) is 61.7 Å². The predicted molar refractivity (Wildman–Crippen MR) is 126 cm³/mol. The van der Waals surface area contributed by atoms with Gasteiger partial charge in [-0.05, 0) is 49.2 Å². The normalized spacial score (nSPS) is 14.4. The summed E-state index contributed by atoms with van der Waals surface area (Å²) in [4.78, 5) is 15.5. The SMILES string of the molecule is O=C(Nc1ccccc1F)N(c1c2ccccc2nn1-c1ccccc1)C1CCCCC1. The number of carbonyl (C=O) groups excluding carboxylic acids is 1. The number of aromatic nitrogens is 2. The first kappa shape index (κ1) is 20.2. The topological polar surface area (TPSA) is 50.2 Å². The Kier molecular flexibility index (Phi) is 5.58. The Hall–Kier alpha value is -3.67. The molecule has 0 radical (unpaired) electrons. The number of nitrogens with one attached hydrogen (secondary N) is 1. The maximum atomic E-state index is 14.3. The summed E-state index contributed by atoms with van der Waals surface area (Å²) in [5.41, 5.74) is 1.86. The Labute approximate surface area is 186 Å². The smallest absolute Gasteiger partial charge is 0.305 e. The number of rotatable bonds is 4. The molecule has 162 valence electrons. The number of hydrogen-bond donors (Lipinski definition) is 1. The van der Waals surface area contributed by atoms with Crippen molar-refractivity contribution < 1.29 is 9.18 Å². The minimum absolute atomic E-state index is 0.0121. The van der Waals surface area contributed by atoms with Gasteiger partial charge in [-0.3, -0.25) is 4.90 Å². The van der Waals surface area contributed by atoms with Crippen molar-refractivity contribution in [2.24, 2.45) is 0 Å². The molecule has 1 aliphatic rings.